The molecule has 0 bridgehead atoms. The lowest BCUT2D eigenvalue weighted by Crippen LogP contribution is -2.15. The van der Waals surface area contributed by atoms with E-state index in [4.69, 9.17) is 20.2 Å². The van der Waals surface area contributed by atoms with Crippen LogP contribution in [0.2, 0.25) is 0 Å². The van der Waals surface area contributed by atoms with Crippen molar-refractivity contribution in [1.29, 1.82) is 0 Å². The Labute approximate surface area is 117 Å². The summed E-state index contributed by atoms with van der Waals surface area (Å²) in [5.41, 5.74) is 8.13. The SMILES string of the molecule is CC1CCCn2c1nc(-c1ccc3c(c1)OCO3)c2N. The van der Waals surface area contributed by atoms with E-state index in [9.17, 15) is 0 Å². The van der Waals surface area contributed by atoms with E-state index in [0.717, 1.165) is 47.4 Å². The summed E-state index contributed by atoms with van der Waals surface area (Å²) >= 11 is 0. The van der Waals surface area contributed by atoms with Crippen LogP contribution in [0.25, 0.3) is 11.3 Å². The van der Waals surface area contributed by atoms with E-state index in [1.807, 2.05) is 18.2 Å². The summed E-state index contributed by atoms with van der Waals surface area (Å²) in [7, 11) is 0. The van der Waals surface area contributed by atoms with Gasteiger partial charge in [-0.05, 0) is 31.0 Å². The first-order valence-electron chi connectivity index (χ1n) is 7.00. The molecule has 0 aliphatic carbocycles. The van der Waals surface area contributed by atoms with Gasteiger partial charge in [0.2, 0.25) is 6.79 Å². The maximum atomic E-state index is 6.29. The fourth-order valence-electron chi connectivity index (χ4n) is 3.04. The Balaban J connectivity index is 1.83. The van der Waals surface area contributed by atoms with Crippen molar-refractivity contribution in [3.05, 3.63) is 24.0 Å². The van der Waals surface area contributed by atoms with Crippen molar-refractivity contribution in [3.8, 4) is 22.8 Å². The Morgan fingerprint density at radius 3 is 3.00 bits per heavy atom. The Hall–Kier alpha value is -2.17. The molecule has 4 rings (SSSR count). The molecule has 0 saturated carbocycles. The van der Waals surface area contributed by atoms with Gasteiger partial charge in [-0.25, -0.2) is 4.98 Å². The minimum Gasteiger partial charge on any atom is -0.454 e. The molecule has 0 radical (unpaired) electrons. The van der Waals surface area contributed by atoms with Crippen LogP contribution in [0.3, 0.4) is 0 Å². The number of nitrogens with zero attached hydrogens (tertiary/aromatic N) is 2. The van der Waals surface area contributed by atoms with E-state index in [0.29, 0.717) is 5.92 Å². The molecule has 0 fully saturated rings. The largest absolute Gasteiger partial charge is 0.454 e. The van der Waals surface area contributed by atoms with E-state index < -0.39 is 0 Å². The summed E-state index contributed by atoms with van der Waals surface area (Å²) in [6, 6.07) is 5.86. The van der Waals surface area contributed by atoms with Crippen LogP contribution in [0, 0.1) is 0 Å². The fourth-order valence-corrected chi connectivity index (χ4v) is 3.04. The third-order valence-electron chi connectivity index (χ3n) is 4.14. The first-order chi connectivity index (χ1) is 9.74. The molecular weight excluding hydrogens is 254 g/mol. The molecule has 1 atom stereocenters. The molecule has 1 aromatic carbocycles. The van der Waals surface area contributed by atoms with Crippen molar-refractivity contribution >= 4 is 5.82 Å². The number of ether oxygens (including phenoxy) is 2. The van der Waals surface area contributed by atoms with Gasteiger partial charge in [0.15, 0.2) is 11.5 Å². The normalized spacial score (nSPS) is 19.9. The summed E-state index contributed by atoms with van der Waals surface area (Å²) < 4.78 is 12.9. The summed E-state index contributed by atoms with van der Waals surface area (Å²) in [5.74, 6) is 3.87. The number of hydrogen-bond donors (Lipinski definition) is 1. The maximum absolute atomic E-state index is 6.29. The number of rotatable bonds is 1. The number of benzene rings is 1. The average molecular weight is 271 g/mol. The van der Waals surface area contributed by atoms with Gasteiger partial charge >= 0.3 is 0 Å². The molecule has 2 N–H and O–H groups in total. The fraction of sp³-hybridized carbons (Fsp3) is 0.400. The molecule has 0 spiro atoms. The van der Waals surface area contributed by atoms with Crippen LogP contribution in [0.1, 0.15) is 31.5 Å². The van der Waals surface area contributed by atoms with Crippen LogP contribution in [-0.4, -0.2) is 16.3 Å². The van der Waals surface area contributed by atoms with Crippen molar-refractivity contribution in [2.45, 2.75) is 32.2 Å². The van der Waals surface area contributed by atoms with Gasteiger partial charge in [0.1, 0.15) is 17.3 Å². The van der Waals surface area contributed by atoms with Crippen molar-refractivity contribution in [3.63, 3.8) is 0 Å². The number of nitrogens with two attached hydrogens (primary N) is 1. The zero-order valence-electron chi connectivity index (χ0n) is 11.4. The van der Waals surface area contributed by atoms with E-state index >= 15 is 0 Å². The predicted molar refractivity (Wildman–Crippen MR) is 75.8 cm³/mol. The lowest BCUT2D eigenvalue weighted by atomic mass is 10.0. The number of anilines is 1. The highest BCUT2D eigenvalue weighted by atomic mass is 16.7. The third-order valence-corrected chi connectivity index (χ3v) is 4.14. The second-order valence-electron chi connectivity index (χ2n) is 5.47. The first kappa shape index (κ1) is 11.6. The van der Waals surface area contributed by atoms with Crippen molar-refractivity contribution in [1.82, 2.24) is 9.55 Å². The van der Waals surface area contributed by atoms with Gasteiger partial charge in [-0.3, -0.25) is 0 Å². The molecule has 1 unspecified atom stereocenters. The monoisotopic (exact) mass is 271 g/mol. The standard InChI is InChI=1S/C15H17N3O2/c1-9-3-2-6-18-14(16)13(17-15(9)18)10-4-5-11-12(7-10)20-8-19-11/h4-5,7,9H,2-3,6,8,16H2,1H3. The Bertz CT molecular complexity index is 678. The molecule has 104 valence electrons. The molecule has 0 amide bonds. The summed E-state index contributed by atoms with van der Waals surface area (Å²) in [6.45, 7) is 3.45. The highest BCUT2D eigenvalue weighted by Gasteiger charge is 2.24. The molecule has 2 aromatic rings. The molecule has 20 heavy (non-hydrogen) atoms. The van der Waals surface area contributed by atoms with E-state index in [-0.39, 0.29) is 6.79 Å². The molecule has 2 aliphatic heterocycles. The zero-order valence-corrected chi connectivity index (χ0v) is 11.4. The van der Waals surface area contributed by atoms with Gasteiger partial charge in [-0.2, -0.15) is 0 Å². The Kier molecular flexibility index (Phi) is 2.42. The van der Waals surface area contributed by atoms with Crippen LogP contribution in [0.15, 0.2) is 18.2 Å². The zero-order chi connectivity index (χ0) is 13.7. The Morgan fingerprint density at radius 1 is 1.30 bits per heavy atom. The smallest absolute Gasteiger partial charge is 0.231 e. The number of fused-ring (bicyclic) bond motifs is 2. The van der Waals surface area contributed by atoms with Gasteiger partial charge in [0.05, 0.1) is 0 Å². The molecule has 3 heterocycles. The van der Waals surface area contributed by atoms with Crippen molar-refractivity contribution < 1.29 is 9.47 Å². The van der Waals surface area contributed by atoms with Gasteiger partial charge in [0.25, 0.3) is 0 Å². The topological polar surface area (TPSA) is 62.3 Å². The average Bonchev–Trinajstić information content (AvgIpc) is 3.04. The summed E-state index contributed by atoms with van der Waals surface area (Å²) in [5, 5.41) is 0. The van der Waals surface area contributed by atoms with Crippen LogP contribution in [0.4, 0.5) is 5.82 Å². The second kappa shape index (κ2) is 4.16. The van der Waals surface area contributed by atoms with Crippen LogP contribution >= 0.6 is 0 Å². The van der Waals surface area contributed by atoms with E-state index in [1.54, 1.807) is 0 Å². The van der Waals surface area contributed by atoms with Gasteiger partial charge in [-0.15, -0.1) is 0 Å². The minimum absolute atomic E-state index is 0.283. The van der Waals surface area contributed by atoms with Crippen molar-refractivity contribution in [2.24, 2.45) is 0 Å². The van der Waals surface area contributed by atoms with Crippen LogP contribution in [0.5, 0.6) is 11.5 Å². The second-order valence-corrected chi connectivity index (χ2v) is 5.47. The predicted octanol–water partition coefficient (Wildman–Crippen LogP) is 2.76. The summed E-state index contributed by atoms with van der Waals surface area (Å²) in [6.07, 6.45) is 2.34. The molecule has 2 aliphatic rings. The van der Waals surface area contributed by atoms with Gasteiger partial charge < -0.3 is 19.8 Å². The van der Waals surface area contributed by atoms with Crippen LogP contribution in [-0.2, 0) is 6.54 Å². The van der Waals surface area contributed by atoms with E-state index in [1.165, 1.54) is 6.42 Å². The third kappa shape index (κ3) is 1.59. The number of hydrogen-bond acceptors (Lipinski definition) is 4. The number of imidazole rings is 1. The van der Waals surface area contributed by atoms with Crippen molar-refractivity contribution in [2.75, 3.05) is 12.5 Å². The van der Waals surface area contributed by atoms with Gasteiger partial charge in [0, 0.05) is 18.0 Å². The Morgan fingerprint density at radius 2 is 2.15 bits per heavy atom. The highest BCUT2D eigenvalue weighted by Crippen LogP contribution is 2.39. The molecule has 5 heteroatoms. The van der Waals surface area contributed by atoms with E-state index in [2.05, 4.69) is 11.5 Å². The first-order valence-corrected chi connectivity index (χ1v) is 7.00. The van der Waals surface area contributed by atoms with Crippen LogP contribution < -0.4 is 15.2 Å². The number of aromatic nitrogens is 2. The lowest BCUT2D eigenvalue weighted by molar-refractivity contribution is 0.174. The lowest BCUT2D eigenvalue weighted by Gasteiger charge is -2.20. The quantitative estimate of drug-likeness (QED) is 0.866. The van der Waals surface area contributed by atoms with Gasteiger partial charge in [-0.1, -0.05) is 6.92 Å². The highest BCUT2D eigenvalue weighted by molar-refractivity contribution is 5.73. The molecule has 5 nitrogen and oxygen atoms in total. The molecule has 0 saturated heterocycles. The maximum Gasteiger partial charge on any atom is 0.231 e. The number of nitrogen functional groups attached to an aromatic ring is 1. The molecular formula is C15H17N3O2. The molecule has 1 aromatic heterocycles. The minimum atomic E-state index is 0.283. The summed E-state index contributed by atoms with van der Waals surface area (Å²) in [4.78, 5) is 4.77.